The summed E-state index contributed by atoms with van der Waals surface area (Å²) in [6.07, 6.45) is 5.88. The molecule has 0 aromatic heterocycles. The zero-order valence-corrected chi connectivity index (χ0v) is 17.4. The number of hydrogen-bond donors (Lipinski definition) is 1. The van der Waals surface area contributed by atoms with Gasteiger partial charge in [-0.1, -0.05) is 55.0 Å². The summed E-state index contributed by atoms with van der Waals surface area (Å²) in [5.74, 6) is -0.242. The molecule has 0 bridgehead atoms. The third-order valence-corrected chi connectivity index (χ3v) is 5.96. The molecule has 0 atom stereocenters. The summed E-state index contributed by atoms with van der Waals surface area (Å²) in [5.41, 5.74) is 6.59. The van der Waals surface area contributed by atoms with Crippen molar-refractivity contribution in [3.63, 3.8) is 0 Å². The van der Waals surface area contributed by atoms with Gasteiger partial charge in [0.1, 0.15) is 0 Å². The van der Waals surface area contributed by atoms with Crippen molar-refractivity contribution in [1.29, 1.82) is 0 Å². The molecule has 0 saturated carbocycles. The lowest BCUT2D eigenvalue weighted by molar-refractivity contribution is -0.136. The molecule has 1 N–H and O–H groups in total. The summed E-state index contributed by atoms with van der Waals surface area (Å²) < 4.78 is 0. The molecule has 0 unspecified atom stereocenters. The Morgan fingerprint density at radius 1 is 1.15 bits per heavy atom. The first-order valence-electron chi connectivity index (χ1n) is 9.34. The fraction of sp³-hybridized carbons (Fsp3) is 0.435. The molecule has 0 saturated heterocycles. The molecule has 1 aliphatic rings. The molecule has 1 aromatic carbocycles. The minimum absolute atomic E-state index is 0.0776. The van der Waals surface area contributed by atoms with Gasteiger partial charge in [-0.3, -0.25) is 4.79 Å². The molecule has 0 amide bonds. The molecule has 0 aliphatic heterocycles. The lowest BCUT2D eigenvalue weighted by Gasteiger charge is -2.25. The van der Waals surface area contributed by atoms with E-state index in [0.29, 0.717) is 5.92 Å². The van der Waals surface area contributed by atoms with Crippen molar-refractivity contribution in [2.45, 2.75) is 65.2 Å². The molecule has 2 rings (SSSR count). The lowest BCUT2D eigenvalue weighted by atomic mass is 9.88. The molecule has 2 nitrogen and oxygen atoms in total. The molecule has 0 radical (unpaired) electrons. The van der Waals surface area contributed by atoms with E-state index in [1.165, 1.54) is 38.5 Å². The van der Waals surface area contributed by atoms with Crippen molar-refractivity contribution in [3.8, 4) is 0 Å². The van der Waals surface area contributed by atoms with E-state index in [4.69, 9.17) is 5.11 Å². The maximum Gasteiger partial charge on any atom is 0.307 e. The summed E-state index contributed by atoms with van der Waals surface area (Å²) in [6.45, 7) is 11.1. The third kappa shape index (κ3) is 5.63. The Kier molecular flexibility index (Phi) is 7.33. The number of carboxylic acids is 1. The second-order valence-corrected chi connectivity index (χ2v) is 8.65. The molecule has 26 heavy (non-hydrogen) atoms. The summed E-state index contributed by atoms with van der Waals surface area (Å²) in [4.78, 5) is 13.4. The minimum atomic E-state index is -0.788. The SMILES string of the molecule is CC(C)=CC1=C(Sc2ccc(CC(=O)O)cc2)/C(=C(\C)C(C)C)CCC1. The maximum absolute atomic E-state index is 10.9. The first kappa shape index (κ1) is 20.6. The van der Waals surface area contributed by atoms with Crippen molar-refractivity contribution in [2.24, 2.45) is 5.92 Å². The molecule has 140 valence electrons. The topological polar surface area (TPSA) is 37.3 Å². The van der Waals surface area contributed by atoms with Gasteiger partial charge in [0, 0.05) is 9.80 Å². The average Bonchev–Trinajstić information content (AvgIpc) is 2.56. The Bertz CT molecular complexity index is 745. The summed E-state index contributed by atoms with van der Waals surface area (Å²) in [7, 11) is 0. The normalized spacial score (nSPS) is 16.7. The van der Waals surface area contributed by atoms with Crippen LogP contribution in [0.1, 0.15) is 59.4 Å². The molecular formula is C23H30O2S. The predicted molar refractivity (Wildman–Crippen MR) is 111 cm³/mol. The van der Waals surface area contributed by atoms with Gasteiger partial charge in [-0.25, -0.2) is 0 Å². The number of carboxylic acid groups (broad SMARTS) is 1. The first-order valence-corrected chi connectivity index (χ1v) is 10.2. The number of benzene rings is 1. The second-order valence-electron chi connectivity index (χ2n) is 7.56. The molecule has 1 aromatic rings. The van der Waals surface area contributed by atoms with E-state index in [2.05, 4.69) is 40.7 Å². The van der Waals surface area contributed by atoms with E-state index in [1.54, 1.807) is 0 Å². The maximum atomic E-state index is 10.9. The van der Waals surface area contributed by atoms with Gasteiger partial charge in [0.2, 0.25) is 0 Å². The number of carbonyl (C=O) groups is 1. The van der Waals surface area contributed by atoms with Crippen LogP contribution in [0.4, 0.5) is 0 Å². The Labute approximate surface area is 162 Å². The van der Waals surface area contributed by atoms with Gasteiger partial charge in [-0.2, -0.15) is 0 Å². The van der Waals surface area contributed by atoms with E-state index >= 15 is 0 Å². The smallest absolute Gasteiger partial charge is 0.307 e. The molecule has 1 aliphatic carbocycles. The van der Waals surface area contributed by atoms with Gasteiger partial charge in [0.05, 0.1) is 6.42 Å². The van der Waals surface area contributed by atoms with Crippen LogP contribution in [0.5, 0.6) is 0 Å². The van der Waals surface area contributed by atoms with Crippen molar-refractivity contribution in [2.75, 3.05) is 0 Å². The summed E-state index contributed by atoms with van der Waals surface area (Å²) in [5, 5.41) is 8.94. The van der Waals surface area contributed by atoms with Gasteiger partial charge in [-0.05, 0) is 74.8 Å². The fourth-order valence-corrected chi connectivity index (χ4v) is 4.37. The highest BCUT2D eigenvalue weighted by molar-refractivity contribution is 8.03. The van der Waals surface area contributed by atoms with Crippen LogP contribution in [0, 0.1) is 5.92 Å². The monoisotopic (exact) mass is 370 g/mol. The van der Waals surface area contributed by atoms with Crippen LogP contribution in [0.25, 0.3) is 0 Å². The molecular weight excluding hydrogens is 340 g/mol. The van der Waals surface area contributed by atoms with E-state index in [9.17, 15) is 4.79 Å². The largest absolute Gasteiger partial charge is 0.481 e. The first-order chi connectivity index (χ1) is 12.3. The van der Waals surface area contributed by atoms with Crippen LogP contribution in [0.2, 0.25) is 0 Å². The van der Waals surface area contributed by atoms with Crippen LogP contribution in [0.3, 0.4) is 0 Å². The molecule has 0 heterocycles. The number of thioether (sulfide) groups is 1. The number of hydrogen-bond acceptors (Lipinski definition) is 2. The van der Waals surface area contributed by atoms with Crippen molar-refractivity contribution in [1.82, 2.24) is 0 Å². The average molecular weight is 371 g/mol. The number of allylic oxidation sites excluding steroid dienone is 5. The number of aliphatic carboxylic acids is 1. The highest BCUT2D eigenvalue weighted by Gasteiger charge is 2.20. The Morgan fingerprint density at radius 2 is 1.81 bits per heavy atom. The summed E-state index contributed by atoms with van der Waals surface area (Å²) in [6, 6.07) is 7.96. The minimum Gasteiger partial charge on any atom is -0.481 e. The Hall–Kier alpha value is -1.74. The van der Waals surface area contributed by atoms with Gasteiger partial charge < -0.3 is 5.11 Å². The lowest BCUT2D eigenvalue weighted by Crippen LogP contribution is -2.05. The van der Waals surface area contributed by atoms with E-state index in [-0.39, 0.29) is 6.42 Å². The predicted octanol–water partition coefficient (Wildman–Crippen LogP) is 6.78. The van der Waals surface area contributed by atoms with Gasteiger partial charge >= 0.3 is 5.97 Å². The van der Waals surface area contributed by atoms with Gasteiger partial charge in [0.25, 0.3) is 0 Å². The second kappa shape index (κ2) is 9.27. The van der Waals surface area contributed by atoms with Crippen LogP contribution >= 0.6 is 11.8 Å². The molecule has 0 spiro atoms. The van der Waals surface area contributed by atoms with Crippen LogP contribution < -0.4 is 0 Å². The van der Waals surface area contributed by atoms with E-state index in [1.807, 2.05) is 36.0 Å². The number of rotatable bonds is 6. The molecule has 0 fully saturated rings. The van der Waals surface area contributed by atoms with Crippen molar-refractivity contribution < 1.29 is 9.90 Å². The summed E-state index contributed by atoms with van der Waals surface area (Å²) >= 11 is 1.83. The van der Waals surface area contributed by atoms with Crippen molar-refractivity contribution >= 4 is 17.7 Å². The fourth-order valence-electron chi connectivity index (χ4n) is 3.18. The van der Waals surface area contributed by atoms with E-state index in [0.717, 1.165) is 18.4 Å². The zero-order chi connectivity index (χ0) is 19.3. The highest BCUT2D eigenvalue weighted by Crippen LogP contribution is 2.43. The standard InChI is InChI=1S/C23H30O2S/c1-15(2)13-19-7-6-8-21(17(5)16(3)4)23(19)26-20-11-9-18(10-12-20)14-22(24)25/h9-13,16H,6-8,14H2,1-5H3,(H,24,25)/b21-17+. The third-order valence-electron chi connectivity index (χ3n) is 4.74. The van der Waals surface area contributed by atoms with Crippen LogP contribution in [0.15, 0.2) is 62.4 Å². The van der Waals surface area contributed by atoms with Gasteiger partial charge in [-0.15, -0.1) is 0 Å². The quantitative estimate of drug-likeness (QED) is 0.599. The highest BCUT2D eigenvalue weighted by atomic mass is 32.2. The van der Waals surface area contributed by atoms with E-state index < -0.39 is 5.97 Å². The zero-order valence-electron chi connectivity index (χ0n) is 16.6. The van der Waals surface area contributed by atoms with Crippen molar-refractivity contribution in [3.05, 3.63) is 63.1 Å². The van der Waals surface area contributed by atoms with Gasteiger partial charge in [0.15, 0.2) is 0 Å². The Balaban J connectivity index is 2.41. The van der Waals surface area contributed by atoms with Crippen LogP contribution in [-0.2, 0) is 11.2 Å². The van der Waals surface area contributed by atoms with Crippen LogP contribution in [-0.4, -0.2) is 11.1 Å². The molecule has 3 heteroatoms. The Morgan fingerprint density at radius 3 is 2.35 bits per heavy atom.